The predicted molar refractivity (Wildman–Crippen MR) is 63.4 cm³/mol. The molecular weight excluding hydrogens is 220 g/mol. The van der Waals surface area contributed by atoms with E-state index < -0.39 is 5.97 Å². The van der Waals surface area contributed by atoms with Crippen molar-refractivity contribution < 1.29 is 14.6 Å². The van der Waals surface area contributed by atoms with Gasteiger partial charge in [0.2, 0.25) is 0 Å². The summed E-state index contributed by atoms with van der Waals surface area (Å²) in [5.41, 5.74) is -0.0314. The highest BCUT2D eigenvalue weighted by Crippen LogP contribution is 2.24. The number of rotatable bonds is 2. The first-order chi connectivity index (χ1) is 7.99. The first-order valence-corrected chi connectivity index (χ1v) is 5.57. The zero-order valence-corrected chi connectivity index (χ0v) is 10.0. The summed E-state index contributed by atoms with van der Waals surface area (Å²) in [6, 6.07) is 3.21. The van der Waals surface area contributed by atoms with Crippen molar-refractivity contribution in [3.05, 3.63) is 23.9 Å². The van der Waals surface area contributed by atoms with Gasteiger partial charge in [-0.05, 0) is 26.0 Å². The van der Waals surface area contributed by atoms with Crippen LogP contribution in [0.2, 0.25) is 0 Å². The Morgan fingerprint density at radius 2 is 2.35 bits per heavy atom. The summed E-state index contributed by atoms with van der Waals surface area (Å²) in [5, 5.41) is 9.13. The maximum Gasteiger partial charge on any atom is 0.339 e. The molecule has 0 spiro atoms. The van der Waals surface area contributed by atoms with Crippen LogP contribution < -0.4 is 4.90 Å². The van der Waals surface area contributed by atoms with Crippen LogP contribution in [-0.2, 0) is 4.74 Å². The molecule has 2 rings (SSSR count). The molecule has 0 aromatic carbocycles. The van der Waals surface area contributed by atoms with E-state index in [0.29, 0.717) is 25.5 Å². The number of pyridine rings is 1. The standard InChI is InChI=1S/C12H16N2O3/c1-12(2)8-14(6-7-17-12)10-9(11(15)16)4-3-5-13-10/h3-5H,6-8H2,1-2H3,(H,15,16). The first kappa shape index (κ1) is 11.9. The van der Waals surface area contributed by atoms with Gasteiger partial charge in [0.1, 0.15) is 11.4 Å². The minimum absolute atomic E-state index is 0.241. The second kappa shape index (κ2) is 4.33. The third-order valence-electron chi connectivity index (χ3n) is 2.74. The summed E-state index contributed by atoms with van der Waals surface area (Å²) >= 11 is 0. The van der Waals surface area contributed by atoms with Crippen LogP contribution in [0.5, 0.6) is 0 Å². The fourth-order valence-corrected chi connectivity index (χ4v) is 2.01. The summed E-state index contributed by atoms with van der Waals surface area (Å²) in [6.07, 6.45) is 1.62. The van der Waals surface area contributed by atoms with Crippen LogP contribution in [0.3, 0.4) is 0 Å². The zero-order valence-electron chi connectivity index (χ0n) is 10.0. The molecule has 0 atom stereocenters. The first-order valence-electron chi connectivity index (χ1n) is 5.57. The highest BCUT2D eigenvalue weighted by Gasteiger charge is 2.29. The molecule has 5 heteroatoms. The number of aromatic carboxylic acids is 1. The predicted octanol–water partition coefficient (Wildman–Crippen LogP) is 1.40. The maximum absolute atomic E-state index is 11.1. The van der Waals surface area contributed by atoms with E-state index in [-0.39, 0.29) is 11.2 Å². The van der Waals surface area contributed by atoms with Gasteiger partial charge in [0.15, 0.2) is 0 Å². The van der Waals surface area contributed by atoms with Crippen LogP contribution in [0.1, 0.15) is 24.2 Å². The number of aromatic nitrogens is 1. The molecule has 5 nitrogen and oxygen atoms in total. The van der Waals surface area contributed by atoms with Gasteiger partial charge in [0.05, 0.1) is 12.2 Å². The Morgan fingerprint density at radius 3 is 3.00 bits per heavy atom. The maximum atomic E-state index is 11.1. The van der Waals surface area contributed by atoms with Gasteiger partial charge in [0.25, 0.3) is 0 Å². The van der Waals surface area contributed by atoms with Crippen LogP contribution in [0.25, 0.3) is 0 Å². The number of ether oxygens (including phenoxy) is 1. The largest absolute Gasteiger partial charge is 0.478 e. The van der Waals surface area contributed by atoms with Gasteiger partial charge in [-0.15, -0.1) is 0 Å². The summed E-state index contributed by atoms with van der Waals surface area (Å²) in [6.45, 7) is 5.87. The lowest BCUT2D eigenvalue weighted by molar-refractivity contribution is -0.0279. The fourth-order valence-electron chi connectivity index (χ4n) is 2.01. The van der Waals surface area contributed by atoms with E-state index in [0.717, 1.165) is 0 Å². The van der Waals surface area contributed by atoms with Crippen LogP contribution in [0, 0.1) is 0 Å². The molecule has 17 heavy (non-hydrogen) atoms. The lowest BCUT2D eigenvalue weighted by atomic mass is 10.1. The van der Waals surface area contributed by atoms with Crippen molar-refractivity contribution in [3.8, 4) is 0 Å². The van der Waals surface area contributed by atoms with E-state index in [2.05, 4.69) is 4.98 Å². The number of anilines is 1. The molecule has 1 aromatic rings. The normalized spacial score (nSPS) is 19.1. The Labute approximate surface area is 100 Å². The van der Waals surface area contributed by atoms with E-state index in [9.17, 15) is 4.79 Å². The van der Waals surface area contributed by atoms with Gasteiger partial charge in [-0.25, -0.2) is 9.78 Å². The molecule has 1 aromatic heterocycles. The van der Waals surface area contributed by atoms with E-state index in [1.165, 1.54) is 0 Å². The number of nitrogens with zero attached hydrogens (tertiary/aromatic N) is 2. The van der Waals surface area contributed by atoms with Gasteiger partial charge < -0.3 is 14.7 Å². The SMILES string of the molecule is CC1(C)CN(c2ncccc2C(=O)O)CCO1. The quantitative estimate of drug-likeness (QED) is 0.840. The Kier molecular flexibility index (Phi) is 3.02. The molecular formula is C12H16N2O3. The van der Waals surface area contributed by atoms with E-state index in [4.69, 9.17) is 9.84 Å². The van der Waals surface area contributed by atoms with Crippen molar-refractivity contribution in [3.63, 3.8) is 0 Å². The average Bonchev–Trinajstić information content (AvgIpc) is 2.27. The second-order valence-corrected chi connectivity index (χ2v) is 4.71. The van der Waals surface area contributed by atoms with Gasteiger partial charge in [0, 0.05) is 19.3 Å². The Hall–Kier alpha value is -1.62. The van der Waals surface area contributed by atoms with Crippen LogP contribution in [0.15, 0.2) is 18.3 Å². The summed E-state index contributed by atoms with van der Waals surface area (Å²) in [5.74, 6) is -0.422. The number of hydrogen-bond donors (Lipinski definition) is 1. The molecule has 0 bridgehead atoms. The van der Waals surface area contributed by atoms with Crippen LogP contribution in [-0.4, -0.2) is 41.4 Å². The van der Waals surface area contributed by atoms with Crippen LogP contribution in [0.4, 0.5) is 5.82 Å². The number of hydrogen-bond acceptors (Lipinski definition) is 4. The molecule has 1 saturated heterocycles. The molecule has 0 aliphatic carbocycles. The molecule has 0 amide bonds. The third kappa shape index (κ3) is 2.55. The fraction of sp³-hybridized carbons (Fsp3) is 0.500. The van der Waals surface area contributed by atoms with Gasteiger partial charge in [-0.2, -0.15) is 0 Å². The Balaban J connectivity index is 2.30. The zero-order chi connectivity index (χ0) is 12.5. The average molecular weight is 236 g/mol. The monoisotopic (exact) mass is 236 g/mol. The van der Waals surface area contributed by atoms with Gasteiger partial charge in [-0.1, -0.05) is 0 Å². The lowest BCUT2D eigenvalue weighted by Gasteiger charge is -2.39. The molecule has 0 unspecified atom stereocenters. The minimum Gasteiger partial charge on any atom is -0.478 e. The second-order valence-electron chi connectivity index (χ2n) is 4.71. The highest BCUT2D eigenvalue weighted by molar-refractivity contribution is 5.93. The Bertz CT molecular complexity index is 432. The molecule has 1 N–H and O–H groups in total. The van der Waals surface area contributed by atoms with Crippen molar-refractivity contribution in [2.75, 3.05) is 24.6 Å². The van der Waals surface area contributed by atoms with Gasteiger partial charge in [-0.3, -0.25) is 0 Å². The van der Waals surface area contributed by atoms with Crippen molar-refractivity contribution in [1.82, 2.24) is 4.98 Å². The molecule has 0 saturated carbocycles. The van der Waals surface area contributed by atoms with E-state index in [1.807, 2.05) is 18.7 Å². The third-order valence-corrected chi connectivity index (χ3v) is 2.74. The molecule has 1 aliphatic rings. The number of morpholine rings is 1. The van der Waals surface area contributed by atoms with Gasteiger partial charge >= 0.3 is 5.97 Å². The molecule has 2 heterocycles. The Morgan fingerprint density at radius 1 is 1.59 bits per heavy atom. The van der Waals surface area contributed by atoms with Crippen molar-refractivity contribution in [2.24, 2.45) is 0 Å². The summed E-state index contributed by atoms with van der Waals surface area (Å²) in [4.78, 5) is 17.3. The van der Waals surface area contributed by atoms with E-state index >= 15 is 0 Å². The van der Waals surface area contributed by atoms with Crippen molar-refractivity contribution in [2.45, 2.75) is 19.4 Å². The highest BCUT2D eigenvalue weighted by atomic mass is 16.5. The summed E-state index contributed by atoms with van der Waals surface area (Å²) in [7, 11) is 0. The van der Waals surface area contributed by atoms with Crippen molar-refractivity contribution >= 4 is 11.8 Å². The smallest absolute Gasteiger partial charge is 0.339 e. The number of carboxylic acid groups (broad SMARTS) is 1. The molecule has 92 valence electrons. The minimum atomic E-state index is -0.947. The number of carbonyl (C=O) groups is 1. The van der Waals surface area contributed by atoms with E-state index in [1.54, 1.807) is 18.3 Å². The number of carboxylic acids is 1. The van der Waals surface area contributed by atoms with Crippen molar-refractivity contribution in [1.29, 1.82) is 0 Å². The lowest BCUT2D eigenvalue weighted by Crippen LogP contribution is -2.49. The molecule has 1 fully saturated rings. The summed E-state index contributed by atoms with van der Waals surface area (Å²) < 4.78 is 5.60. The topological polar surface area (TPSA) is 62.7 Å². The van der Waals surface area contributed by atoms with Crippen LogP contribution >= 0.6 is 0 Å². The molecule has 0 radical (unpaired) electrons. The molecule has 1 aliphatic heterocycles.